The van der Waals surface area contributed by atoms with Crippen LogP contribution >= 0.6 is 11.8 Å². The van der Waals surface area contributed by atoms with Gasteiger partial charge in [0.05, 0.1) is 5.25 Å². The number of anilines is 1. The third-order valence-corrected chi connectivity index (χ3v) is 5.48. The first-order valence-corrected chi connectivity index (χ1v) is 9.82. The van der Waals surface area contributed by atoms with Gasteiger partial charge in [-0.3, -0.25) is 9.59 Å². The Hall–Kier alpha value is -2.35. The lowest BCUT2D eigenvalue weighted by Crippen LogP contribution is -2.24. The molecule has 2 amide bonds. The number of hydrogen-bond donors (Lipinski definition) is 2. The van der Waals surface area contributed by atoms with Gasteiger partial charge in [0.25, 0.3) is 0 Å². The number of nitrogens with zero attached hydrogens (tertiary/aromatic N) is 3. The van der Waals surface area contributed by atoms with E-state index in [4.69, 9.17) is 5.73 Å². The predicted octanol–water partition coefficient (Wildman–Crippen LogP) is 2.78. The van der Waals surface area contributed by atoms with E-state index in [2.05, 4.69) is 29.4 Å². The molecule has 146 valence electrons. The number of nitrogens with two attached hydrogens (primary N) is 1. The highest BCUT2D eigenvalue weighted by Crippen LogP contribution is 2.29. The van der Waals surface area contributed by atoms with Gasteiger partial charge in [0.1, 0.15) is 5.82 Å². The molecule has 3 N–H and O–H groups in total. The number of carbonyl (C=O) groups excluding carboxylic acids is 2. The summed E-state index contributed by atoms with van der Waals surface area (Å²) in [6.07, 6.45) is 0.652. The minimum Gasteiger partial charge on any atom is -0.370 e. The van der Waals surface area contributed by atoms with Gasteiger partial charge >= 0.3 is 0 Å². The average Bonchev–Trinajstić information content (AvgIpc) is 2.94. The summed E-state index contributed by atoms with van der Waals surface area (Å²) in [6, 6.07) is 6.04. The number of amides is 2. The van der Waals surface area contributed by atoms with Crippen molar-refractivity contribution in [2.24, 2.45) is 12.8 Å². The number of hydrogen-bond acceptors (Lipinski definition) is 5. The number of carbonyl (C=O) groups is 2. The normalized spacial score (nSPS) is 12.2. The van der Waals surface area contributed by atoms with Crippen LogP contribution in [0.4, 0.5) is 5.69 Å². The highest BCUT2D eigenvalue weighted by Gasteiger charge is 2.21. The molecule has 1 atom stereocenters. The minimum atomic E-state index is -0.376. The topological polar surface area (TPSA) is 103 Å². The Balaban J connectivity index is 2.08. The number of aromatic nitrogens is 3. The Bertz CT molecular complexity index is 832. The molecule has 0 aliphatic heterocycles. The lowest BCUT2D eigenvalue weighted by Gasteiger charge is -2.18. The quantitative estimate of drug-likeness (QED) is 0.676. The van der Waals surface area contributed by atoms with Gasteiger partial charge in [-0.25, -0.2) is 0 Å². The average molecular weight is 390 g/mol. The summed E-state index contributed by atoms with van der Waals surface area (Å²) >= 11 is 1.33. The highest BCUT2D eigenvalue weighted by atomic mass is 32.2. The summed E-state index contributed by atoms with van der Waals surface area (Å²) < 4.78 is 1.80. The first-order valence-electron chi connectivity index (χ1n) is 8.94. The minimum absolute atomic E-state index is 0.0853. The molecule has 1 aromatic carbocycles. The van der Waals surface area contributed by atoms with Crippen LogP contribution in [0, 0.1) is 6.92 Å². The van der Waals surface area contributed by atoms with E-state index in [1.807, 2.05) is 39.1 Å². The number of nitrogens with one attached hydrogen (secondary N) is 1. The molecule has 0 aliphatic carbocycles. The zero-order valence-electron chi connectivity index (χ0n) is 16.4. The molecular formula is C19H27N5O2S. The van der Waals surface area contributed by atoms with Gasteiger partial charge in [-0.2, -0.15) is 0 Å². The maximum atomic E-state index is 12.7. The highest BCUT2D eigenvalue weighted by molar-refractivity contribution is 8.00. The van der Waals surface area contributed by atoms with Crippen LogP contribution in [0.5, 0.6) is 0 Å². The SMILES string of the molecule is Cc1cccc(C(C)C)c1NC(=O)[C@@H](C)Sc1nnc(CCC(N)=O)n1C. The van der Waals surface area contributed by atoms with Crippen LogP contribution in [0.2, 0.25) is 0 Å². The maximum absolute atomic E-state index is 12.7. The lowest BCUT2D eigenvalue weighted by atomic mass is 9.98. The molecular weight excluding hydrogens is 362 g/mol. The Morgan fingerprint density at radius 3 is 2.59 bits per heavy atom. The molecule has 0 saturated heterocycles. The van der Waals surface area contributed by atoms with Crippen molar-refractivity contribution in [3.05, 3.63) is 35.2 Å². The fraction of sp³-hybridized carbons (Fsp3) is 0.474. The molecule has 0 bridgehead atoms. The summed E-state index contributed by atoms with van der Waals surface area (Å²) in [5.41, 5.74) is 8.22. The van der Waals surface area contributed by atoms with Crippen molar-refractivity contribution < 1.29 is 9.59 Å². The van der Waals surface area contributed by atoms with Crippen molar-refractivity contribution in [3.8, 4) is 0 Å². The molecule has 2 aromatic rings. The fourth-order valence-electron chi connectivity index (χ4n) is 2.68. The van der Waals surface area contributed by atoms with Gasteiger partial charge < -0.3 is 15.6 Å². The summed E-state index contributed by atoms with van der Waals surface area (Å²) in [6.45, 7) is 8.05. The second-order valence-corrected chi connectivity index (χ2v) is 8.18. The molecule has 0 aliphatic rings. The van der Waals surface area contributed by atoms with Crippen LogP contribution in [-0.4, -0.2) is 31.8 Å². The van der Waals surface area contributed by atoms with Crippen molar-refractivity contribution in [3.63, 3.8) is 0 Å². The Morgan fingerprint density at radius 1 is 1.26 bits per heavy atom. The molecule has 7 nitrogen and oxygen atoms in total. The zero-order chi connectivity index (χ0) is 20.1. The number of primary amides is 1. The first kappa shape index (κ1) is 21.0. The number of thioether (sulfide) groups is 1. The van der Waals surface area contributed by atoms with E-state index in [1.165, 1.54) is 11.8 Å². The van der Waals surface area contributed by atoms with Gasteiger partial charge in [0.15, 0.2) is 5.16 Å². The molecule has 0 radical (unpaired) electrons. The number of benzene rings is 1. The third kappa shape index (κ3) is 5.32. The van der Waals surface area contributed by atoms with E-state index in [0.717, 1.165) is 16.8 Å². The second kappa shape index (κ2) is 9.03. The van der Waals surface area contributed by atoms with Gasteiger partial charge in [0.2, 0.25) is 11.8 Å². The first-order chi connectivity index (χ1) is 12.7. The van der Waals surface area contributed by atoms with E-state index in [0.29, 0.717) is 23.3 Å². The number of para-hydroxylation sites is 1. The van der Waals surface area contributed by atoms with Gasteiger partial charge in [-0.1, -0.05) is 43.8 Å². The van der Waals surface area contributed by atoms with Gasteiger partial charge in [-0.05, 0) is 30.9 Å². The largest absolute Gasteiger partial charge is 0.370 e. The van der Waals surface area contributed by atoms with Crippen molar-refractivity contribution in [1.29, 1.82) is 0 Å². The smallest absolute Gasteiger partial charge is 0.237 e. The van der Waals surface area contributed by atoms with Crippen LogP contribution in [-0.2, 0) is 23.1 Å². The Morgan fingerprint density at radius 2 is 1.96 bits per heavy atom. The molecule has 0 unspecified atom stereocenters. The molecule has 1 heterocycles. The Kier molecular flexibility index (Phi) is 7.01. The van der Waals surface area contributed by atoms with Crippen molar-refractivity contribution in [2.75, 3.05) is 5.32 Å². The Labute approximate surface area is 164 Å². The van der Waals surface area contributed by atoms with E-state index in [1.54, 1.807) is 4.57 Å². The van der Waals surface area contributed by atoms with Crippen LogP contribution in [0.1, 0.15) is 50.1 Å². The maximum Gasteiger partial charge on any atom is 0.237 e. The van der Waals surface area contributed by atoms with Crippen molar-refractivity contribution in [2.45, 2.75) is 56.9 Å². The van der Waals surface area contributed by atoms with Crippen molar-refractivity contribution in [1.82, 2.24) is 14.8 Å². The lowest BCUT2D eigenvalue weighted by molar-refractivity contribution is -0.118. The van der Waals surface area contributed by atoms with Crippen molar-refractivity contribution >= 4 is 29.3 Å². The standard InChI is InChI=1S/C19H27N5O2S/c1-11(2)14-8-6-7-12(3)17(14)21-18(26)13(4)27-19-23-22-16(24(19)5)10-9-15(20)25/h6-8,11,13H,9-10H2,1-5H3,(H2,20,25)(H,21,26)/t13-/m1/s1. The van der Waals surface area contributed by atoms with E-state index >= 15 is 0 Å². The van der Waals surface area contributed by atoms with Crippen LogP contribution in [0.15, 0.2) is 23.4 Å². The third-order valence-electron chi connectivity index (χ3n) is 4.35. The molecule has 1 aromatic heterocycles. The predicted molar refractivity (Wildman–Crippen MR) is 108 cm³/mol. The van der Waals surface area contributed by atoms with Gasteiger partial charge in [-0.15, -0.1) is 10.2 Å². The molecule has 27 heavy (non-hydrogen) atoms. The second-order valence-electron chi connectivity index (χ2n) is 6.87. The van der Waals surface area contributed by atoms with E-state index in [-0.39, 0.29) is 23.5 Å². The zero-order valence-corrected chi connectivity index (χ0v) is 17.3. The van der Waals surface area contributed by atoms with Crippen LogP contribution < -0.4 is 11.1 Å². The fourth-order valence-corrected chi connectivity index (χ4v) is 3.51. The monoisotopic (exact) mass is 389 g/mol. The summed E-state index contributed by atoms with van der Waals surface area (Å²) in [5.74, 6) is 0.525. The number of rotatable bonds is 8. The molecule has 0 fully saturated rings. The molecule has 0 saturated carbocycles. The summed E-state index contributed by atoms with van der Waals surface area (Å²) in [4.78, 5) is 23.7. The summed E-state index contributed by atoms with van der Waals surface area (Å²) in [7, 11) is 1.82. The van der Waals surface area contributed by atoms with E-state index < -0.39 is 0 Å². The van der Waals surface area contributed by atoms with Crippen LogP contribution in [0.25, 0.3) is 0 Å². The van der Waals surface area contributed by atoms with Gasteiger partial charge in [0, 0.05) is 25.6 Å². The van der Waals surface area contributed by atoms with Crippen LogP contribution in [0.3, 0.4) is 0 Å². The summed E-state index contributed by atoms with van der Waals surface area (Å²) in [5, 5.41) is 11.6. The molecule has 0 spiro atoms. The van der Waals surface area contributed by atoms with E-state index in [9.17, 15) is 9.59 Å². The number of aryl methyl sites for hydroxylation is 2. The molecule has 2 rings (SSSR count). The molecule has 8 heteroatoms.